The molecule has 0 bridgehead atoms. The summed E-state index contributed by atoms with van der Waals surface area (Å²) in [6.07, 6.45) is 4.12. The Morgan fingerprint density at radius 1 is 0.636 bits per heavy atom. The molecule has 0 heterocycles. The first-order chi connectivity index (χ1) is 10.9. The Balaban J connectivity index is 2.05. The number of hydrogen-bond acceptors (Lipinski definition) is 0. The monoisotopic (exact) mass is 274 g/mol. The molecular weight excluding hydrogens is 264 g/mol. The highest BCUT2D eigenvalue weighted by molar-refractivity contribution is 6.34. The number of rotatable bonds is 0. The van der Waals surface area contributed by atoms with Gasteiger partial charge in [0.2, 0.25) is 0 Å². The third-order valence-corrected chi connectivity index (χ3v) is 5.00. The van der Waals surface area contributed by atoms with E-state index in [1.54, 1.807) is 0 Å². The van der Waals surface area contributed by atoms with Crippen molar-refractivity contribution in [1.82, 2.24) is 0 Å². The maximum Gasteiger partial charge on any atom is -0.000720 e. The second kappa shape index (κ2) is 3.40. The first-order valence-electron chi connectivity index (χ1n) is 7.55. The van der Waals surface area contributed by atoms with Gasteiger partial charge < -0.3 is 0 Å². The number of hydrogen-bond donors (Lipinski definition) is 0. The van der Waals surface area contributed by atoms with E-state index in [2.05, 4.69) is 66.1 Å². The highest BCUT2D eigenvalue weighted by atomic mass is 14.3. The summed E-state index contributed by atoms with van der Waals surface area (Å²) in [5, 5.41) is 8.19. The third-order valence-electron chi connectivity index (χ3n) is 5.00. The molecule has 4 aromatic rings. The summed E-state index contributed by atoms with van der Waals surface area (Å²) >= 11 is 0. The van der Waals surface area contributed by atoms with E-state index in [-0.39, 0.29) is 0 Å². The predicted molar refractivity (Wildman–Crippen MR) is 93.9 cm³/mol. The molecule has 0 radical (unpaired) electrons. The molecule has 0 amide bonds. The zero-order valence-corrected chi connectivity index (χ0v) is 11.8. The summed E-state index contributed by atoms with van der Waals surface area (Å²) in [5.41, 5.74) is 11.5. The lowest BCUT2D eigenvalue weighted by molar-refractivity contribution is 1.66. The molecule has 0 aliphatic heterocycles. The minimum absolute atomic E-state index is 1.24. The van der Waals surface area contributed by atoms with Crippen LogP contribution in [0.3, 0.4) is 0 Å². The van der Waals surface area contributed by atoms with E-state index in [0.717, 1.165) is 0 Å². The maximum absolute atomic E-state index is 3.13. The van der Waals surface area contributed by atoms with Gasteiger partial charge in [-0.1, -0.05) is 53.9 Å². The zero-order chi connectivity index (χ0) is 14.3. The Morgan fingerprint density at radius 3 is 2.32 bits per heavy atom. The SMILES string of the molecule is C1=C=Cc2c(cc3ccc4ccc5cccc6c5c4c3c2-6)C=1. The van der Waals surface area contributed by atoms with Crippen LogP contribution in [0.15, 0.2) is 60.0 Å². The summed E-state index contributed by atoms with van der Waals surface area (Å²) in [6.45, 7) is 0. The Hall–Kier alpha value is -3.04. The van der Waals surface area contributed by atoms with Crippen LogP contribution in [0.1, 0.15) is 11.1 Å². The average Bonchev–Trinajstić information content (AvgIpc) is 2.93. The van der Waals surface area contributed by atoms with Crippen molar-refractivity contribution < 1.29 is 0 Å². The maximum atomic E-state index is 3.13. The van der Waals surface area contributed by atoms with Gasteiger partial charge >= 0.3 is 0 Å². The van der Waals surface area contributed by atoms with Gasteiger partial charge in [-0.3, -0.25) is 0 Å². The van der Waals surface area contributed by atoms with Gasteiger partial charge in [0.05, 0.1) is 0 Å². The molecule has 0 saturated carbocycles. The molecule has 0 N–H and O–H groups in total. The second-order valence-corrected chi connectivity index (χ2v) is 6.06. The van der Waals surface area contributed by atoms with Crippen molar-refractivity contribution in [3.63, 3.8) is 0 Å². The van der Waals surface area contributed by atoms with Crippen LogP contribution in [-0.4, -0.2) is 0 Å². The standard InChI is InChI=1S/C22H10/c1-2-6-17-15(4-1)12-16-11-10-14-9-8-13-5-3-7-18-19(13)20(14)21(16)22(17)18/h3-12H. The molecule has 4 aromatic carbocycles. The van der Waals surface area contributed by atoms with Crippen LogP contribution >= 0.6 is 0 Å². The van der Waals surface area contributed by atoms with E-state index < -0.39 is 0 Å². The van der Waals surface area contributed by atoms with Crippen molar-refractivity contribution in [1.29, 1.82) is 0 Å². The van der Waals surface area contributed by atoms with Gasteiger partial charge in [-0.2, -0.15) is 0 Å². The Kier molecular flexibility index (Phi) is 1.65. The van der Waals surface area contributed by atoms with E-state index >= 15 is 0 Å². The van der Waals surface area contributed by atoms with E-state index in [1.165, 1.54) is 54.6 Å². The fourth-order valence-electron chi connectivity index (χ4n) is 4.12. The molecule has 2 aliphatic carbocycles. The van der Waals surface area contributed by atoms with Crippen LogP contribution in [-0.2, 0) is 0 Å². The lowest BCUT2D eigenvalue weighted by Crippen LogP contribution is -1.88. The summed E-state index contributed by atoms with van der Waals surface area (Å²) in [4.78, 5) is 0. The normalized spacial score (nSPS) is 13.3. The van der Waals surface area contributed by atoms with Crippen LogP contribution in [0.2, 0.25) is 0 Å². The minimum atomic E-state index is 1.24. The molecule has 0 fully saturated rings. The fourth-order valence-corrected chi connectivity index (χ4v) is 4.12. The van der Waals surface area contributed by atoms with E-state index in [0.29, 0.717) is 0 Å². The highest BCUT2D eigenvalue weighted by Gasteiger charge is 2.23. The molecule has 0 saturated heterocycles. The Bertz CT molecular complexity index is 1270. The van der Waals surface area contributed by atoms with E-state index in [4.69, 9.17) is 0 Å². The quantitative estimate of drug-likeness (QED) is 0.238. The Labute approximate surface area is 127 Å². The molecule has 0 aromatic heterocycles. The van der Waals surface area contributed by atoms with Crippen LogP contribution in [0.5, 0.6) is 0 Å². The first-order valence-corrected chi connectivity index (χ1v) is 7.55. The van der Waals surface area contributed by atoms with Crippen molar-refractivity contribution in [3.05, 3.63) is 71.1 Å². The van der Waals surface area contributed by atoms with Gasteiger partial charge in [0.1, 0.15) is 0 Å². The van der Waals surface area contributed by atoms with Crippen molar-refractivity contribution in [2.24, 2.45) is 0 Å². The van der Waals surface area contributed by atoms with Crippen LogP contribution in [0, 0.1) is 0 Å². The highest BCUT2D eigenvalue weighted by Crippen LogP contribution is 2.50. The molecule has 0 spiro atoms. The van der Waals surface area contributed by atoms with Crippen LogP contribution in [0.25, 0.3) is 55.6 Å². The van der Waals surface area contributed by atoms with Gasteiger partial charge in [-0.15, -0.1) is 0 Å². The topological polar surface area (TPSA) is 0 Å². The lowest BCUT2D eigenvalue weighted by atomic mass is 9.91. The second-order valence-electron chi connectivity index (χ2n) is 6.06. The summed E-state index contributed by atoms with van der Waals surface area (Å²) in [6, 6.07) is 17.9. The predicted octanol–water partition coefficient (Wildman–Crippen LogP) is 5.92. The molecule has 6 rings (SSSR count). The minimum Gasteiger partial charge on any atom is -0.0696 e. The Morgan fingerprint density at radius 2 is 1.41 bits per heavy atom. The average molecular weight is 274 g/mol. The largest absolute Gasteiger partial charge is 0.0696 e. The molecule has 0 unspecified atom stereocenters. The third kappa shape index (κ3) is 1.06. The zero-order valence-electron chi connectivity index (χ0n) is 11.8. The first kappa shape index (κ1) is 10.7. The molecular formula is C22H10. The molecule has 0 heteroatoms. The van der Waals surface area contributed by atoms with Crippen molar-refractivity contribution in [2.45, 2.75) is 0 Å². The fraction of sp³-hybridized carbons (Fsp3) is 0. The van der Waals surface area contributed by atoms with Crippen molar-refractivity contribution >= 4 is 44.5 Å². The molecule has 98 valence electrons. The van der Waals surface area contributed by atoms with Crippen LogP contribution in [0.4, 0.5) is 0 Å². The van der Waals surface area contributed by atoms with Crippen molar-refractivity contribution in [3.8, 4) is 11.1 Å². The van der Waals surface area contributed by atoms with E-state index in [9.17, 15) is 0 Å². The van der Waals surface area contributed by atoms with Gasteiger partial charge in [-0.05, 0) is 72.8 Å². The van der Waals surface area contributed by atoms with Gasteiger partial charge in [-0.25, -0.2) is 0 Å². The molecule has 0 atom stereocenters. The van der Waals surface area contributed by atoms with E-state index in [1.807, 2.05) is 6.08 Å². The van der Waals surface area contributed by atoms with Gasteiger partial charge in [0.15, 0.2) is 0 Å². The smallest absolute Gasteiger partial charge is 0.000720 e. The van der Waals surface area contributed by atoms with Gasteiger partial charge in [0, 0.05) is 0 Å². The molecule has 2 aliphatic rings. The van der Waals surface area contributed by atoms with Crippen LogP contribution < -0.4 is 0 Å². The molecule has 0 nitrogen and oxygen atoms in total. The summed E-state index contributed by atoms with van der Waals surface area (Å²) < 4.78 is 0. The lowest BCUT2D eigenvalue weighted by Gasteiger charge is -2.11. The number of benzene rings is 4. The molecule has 22 heavy (non-hydrogen) atoms. The summed E-state index contributed by atoms with van der Waals surface area (Å²) in [7, 11) is 0. The van der Waals surface area contributed by atoms with Crippen molar-refractivity contribution in [2.75, 3.05) is 0 Å². The number of fused-ring (bicyclic) bond motifs is 3. The summed E-state index contributed by atoms with van der Waals surface area (Å²) in [5.74, 6) is 0. The van der Waals surface area contributed by atoms with Gasteiger partial charge in [0.25, 0.3) is 0 Å².